The van der Waals surface area contributed by atoms with Gasteiger partial charge in [-0.1, -0.05) is 285 Å². The van der Waals surface area contributed by atoms with Gasteiger partial charge in [0, 0.05) is 33.2 Å². The van der Waals surface area contributed by atoms with Crippen LogP contribution in [0.25, 0.3) is 0 Å². The molecule has 0 aromatic rings. The standard InChI is InChI=1S/C90H171N3O8/c1-20-24-28-32-36-40-44-48-52-56-60-64-98-79(94)68-78(80(95)99-65-61-57-53-49-45-41-37-33-29-25-21-2)90(77-73-87(13,14)93(19)88(15,16)74-77,82(97)101-67-63-59-55-51-47-43-39-35-31-27-23-4)89(75-69-83(5,6)91(17)84(7,8)70-75,76-71-85(9,10)92(18)86(11,12)72-76)81(96)100-66-62-58-54-50-46-42-38-34-30-26-22-3/h75-78H,20-74H2,1-19H3. The van der Waals surface area contributed by atoms with E-state index in [1.54, 1.807) is 0 Å². The average molecular weight is 1420 g/mol. The molecule has 101 heavy (non-hydrogen) atoms. The Balaban J connectivity index is 2.51. The Morgan fingerprint density at radius 3 is 0.762 bits per heavy atom. The second-order valence-corrected chi connectivity index (χ2v) is 37.2. The van der Waals surface area contributed by atoms with Crippen LogP contribution in [-0.2, 0) is 38.1 Å². The predicted molar refractivity (Wildman–Crippen MR) is 429 cm³/mol. The van der Waals surface area contributed by atoms with Crippen LogP contribution in [0.3, 0.4) is 0 Å². The van der Waals surface area contributed by atoms with E-state index < -0.39 is 92.1 Å². The van der Waals surface area contributed by atoms with Gasteiger partial charge in [-0.05, 0) is 186 Å². The largest absolute Gasteiger partial charge is 0.466 e. The normalized spacial score (nSPS) is 19.8. The fraction of sp³-hybridized carbons (Fsp3) is 0.956. The highest BCUT2D eigenvalue weighted by Crippen LogP contribution is 2.70. The van der Waals surface area contributed by atoms with Crippen molar-refractivity contribution in [3.8, 4) is 0 Å². The molecule has 0 aliphatic carbocycles. The molecule has 0 saturated carbocycles. The number of rotatable bonds is 58. The van der Waals surface area contributed by atoms with Crippen LogP contribution in [0.1, 0.15) is 438 Å². The van der Waals surface area contributed by atoms with Crippen LogP contribution in [0.15, 0.2) is 0 Å². The number of carbonyl (C=O) groups excluding carboxylic acids is 4. The first kappa shape index (κ1) is 93.0. The minimum absolute atomic E-state index is 0.152. The first-order valence-corrected chi connectivity index (χ1v) is 43.8. The van der Waals surface area contributed by atoms with E-state index in [4.69, 9.17) is 18.9 Å². The molecule has 11 heteroatoms. The van der Waals surface area contributed by atoms with E-state index in [1.165, 1.54) is 180 Å². The van der Waals surface area contributed by atoms with Crippen LogP contribution in [0.4, 0.5) is 0 Å². The topological polar surface area (TPSA) is 115 Å². The molecule has 0 bridgehead atoms. The summed E-state index contributed by atoms with van der Waals surface area (Å²) in [6.45, 7) is 37.4. The molecule has 594 valence electrons. The van der Waals surface area contributed by atoms with Crippen molar-refractivity contribution in [2.75, 3.05) is 47.6 Å². The Morgan fingerprint density at radius 1 is 0.297 bits per heavy atom. The van der Waals surface area contributed by atoms with E-state index in [1.807, 2.05) is 0 Å². The van der Waals surface area contributed by atoms with Gasteiger partial charge >= 0.3 is 23.9 Å². The van der Waals surface area contributed by atoms with Gasteiger partial charge in [0.05, 0.1) is 44.2 Å². The molecule has 0 amide bonds. The number of likely N-dealkylation sites (tertiary alicyclic amines) is 3. The number of hydrogen-bond donors (Lipinski definition) is 0. The maximum Gasteiger partial charge on any atom is 0.314 e. The van der Waals surface area contributed by atoms with Gasteiger partial charge in [-0.15, -0.1) is 0 Å². The lowest BCUT2D eigenvalue weighted by molar-refractivity contribution is -0.246. The van der Waals surface area contributed by atoms with Crippen molar-refractivity contribution in [2.45, 2.75) is 471 Å². The Labute approximate surface area is 627 Å². The minimum Gasteiger partial charge on any atom is -0.466 e. The Bertz CT molecular complexity index is 2120. The van der Waals surface area contributed by atoms with Gasteiger partial charge in [0.1, 0.15) is 5.41 Å². The number of piperidine rings is 3. The first-order valence-electron chi connectivity index (χ1n) is 43.8. The summed E-state index contributed by atoms with van der Waals surface area (Å²) in [6, 6.07) is 0. The Kier molecular flexibility index (Phi) is 44.4. The zero-order valence-corrected chi connectivity index (χ0v) is 70.8. The third kappa shape index (κ3) is 30.0. The molecule has 3 heterocycles. The zero-order valence-electron chi connectivity index (χ0n) is 70.8. The van der Waals surface area contributed by atoms with Crippen LogP contribution in [0, 0.1) is 34.5 Å². The molecule has 0 aromatic carbocycles. The molecule has 3 aliphatic rings. The number of unbranched alkanes of at least 4 members (excludes halogenated alkanes) is 40. The van der Waals surface area contributed by atoms with Gasteiger partial charge < -0.3 is 18.9 Å². The maximum atomic E-state index is 18.1. The van der Waals surface area contributed by atoms with Gasteiger partial charge in [-0.2, -0.15) is 0 Å². The fourth-order valence-corrected chi connectivity index (χ4v) is 19.7. The average Bonchev–Trinajstić information content (AvgIpc) is 0.673. The van der Waals surface area contributed by atoms with Gasteiger partial charge in [0.15, 0.2) is 0 Å². The Hall–Kier alpha value is -2.24. The number of hydrogen-bond acceptors (Lipinski definition) is 11. The highest BCUT2D eigenvalue weighted by molar-refractivity contribution is 5.95. The van der Waals surface area contributed by atoms with Crippen molar-refractivity contribution in [3.63, 3.8) is 0 Å². The van der Waals surface area contributed by atoms with Crippen molar-refractivity contribution in [3.05, 3.63) is 0 Å². The lowest BCUT2D eigenvalue weighted by Gasteiger charge is -2.68. The molecule has 3 fully saturated rings. The van der Waals surface area contributed by atoms with Crippen LogP contribution in [0.5, 0.6) is 0 Å². The summed E-state index contributed by atoms with van der Waals surface area (Å²) in [6.07, 6.45) is 53.8. The molecule has 0 aromatic heterocycles. The molecule has 0 radical (unpaired) electrons. The molecule has 3 rings (SSSR count). The number of carbonyl (C=O) groups is 4. The van der Waals surface area contributed by atoms with Crippen LogP contribution in [-0.4, -0.2) is 119 Å². The Morgan fingerprint density at radius 2 is 0.505 bits per heavy atom. The van der Waals surface area contributed by atoms with Crippen LogP contribution >= 0.6 is 0 Å². The van der Waals surface area contributed by atoms with Crippen molar-refractivity contribution in [2.24, 2.45) is 34.5 Å². The highest BCUT2D eigenvalue weighted by atomic mass is 16.6. The van der Waals surface area contributed by atoms with Gasteiger partial charge in [0.2, 0.25) is 0 Å². The SMILES string of the molecule is CCCCCCCCCCCCCOC(=O)CC(C(=O)OCCCCCCCCCCCCC)C(C(=O)OCCCCCCCCCCCCC)(C1CC(C)(C)N(C)C(C)(C)C1)C(C(=O)OCCCCCCCCCCCCC)(C1CC(C)(C)N(C)C(C)(C)C1)C1CC(C)(C)N(C)C(C)(C)C1. The van der Waals surface area contributed by atoms with E-state index in [-0.39, 0.29) is 32.4 Å². The van der Waals surface area contributed by atoms with E-state index in [0.29, 0.717) is 64.2 Å². The van der Waals surface area contributed by atoms with Crippen LogP contribution < -0.4 is 0 Å². The summed E-state index contributed by atoms with van der Waals surface area (Å²) in [7, 11) is 6.65. The molecule has 11 nitrogen and oxygen atoms in total. The van der Waals surface area contributed by atoms with E-state index in [0.717, 1.165) is 77.0 Å². The zero-order chi connectivity index (χ0) is 75.1. The summed E-state index contributed by atoms with van der Waals surface area (Å²) in [4.78, 5) is 76.3. The molecular weight excluding hydrogens is 1250 g/mol. The summed E-state index contributed by atoms with van der Waals surface area (Å²) in [5, 5.41) is 0. The maximum absolute atomic E-state index is 18.1. The van der Waals surface area contributed by atoms with Crippen molar-refractivity contribution in [1.29, 1.82) is 0 Å². The smallest absolute Gasteiger partial charge is 0.314 e. The molecule has 3 aliphatic heterocycles. The van der Waals surface area contributed by atoms with E-state index >= 15 is 19.2 Å². The molecule has 2 unspecified atom stereocenters. The van der Waals surface area contributed by atoms with E-state index in [9.17, 15) is 0 Å². The number of nitrogens with zero attached hydrogens (tertiary/aromatic N) is 3. The lowest BCUT2D eigenvalue weighted by atomic mass is 9.38. The molecule has 2 atom stereocenters. The third-order valence-electron chi connectivity index (χ3n) is 26.4. The quantitative estimate of drug-likeness (QED) is 0.0329. The molecule has 0 spiro atoms. The molecule has 3 saturated heterocycles. The second kappa shape index (κ2) is 48.2. The van der Waals surface area contributed by atoms with Gasteiger partial charge in [0.25, 0.3) is 0 Å². The summed E-state index contributed by atoms with van der Waals surface area (Å²) in [5.74, 6) is -5.06. The third-order valence-corrected chi connectivity index (χ3v) is 26.4. The summed E-state index contributed by atoms with van der Waals surface area (Å²) < 4.78 is 28.0. The number of ether oxygens (including phenoxy) is 4. The van der Waals surface area contributed by atoms with Crippen molar-refractivity contribution in [1.82, 2.24) is 14.7 Å². The van der Waals surface area contributed by atoms with E-state index in [2.05, 4.69) is 147 Å². The second-order valence-electron chi connectivity index (χ2n) is 37.2. The van der Waals surface area contributed by atoms with Crippen molar-refractivity contribution < 1.29 is 38.1 Å². The predicted octanol–water partition coefficient (Wildman–Crippen LogP) is 25.1. The summed E-state index contributed by atoms with van der Waals surface area (Å²) in [5.41, 5.74) is -6.64. The van der Waals surface area contributed by atoms with Crippen LogP contribution in [0.2, 0.25) is 0 Å². The minimum atomic E-state index is -1.97. The highest BCUT2D eigenvalue weighted by Gasteiger charge is 2.78. The lowest BCUT2D eigenvalue weighted by Crippen LogP contribution is -2.75. The monoisotopic (exact) mass is 1420 g/mol. The fourth-order valence-electron chi connectivity index (χ4n) is 19.7. The van der Waals surface area contributed by atoms with Gasteiger partial charge in [-0.3, -0.25) is 33.9 Å². The molecule has 0 N–H and O–H groups in total. The first-order chi connectivity index (χ1) is 47.9. The van der Waals surface area contributed by atoms with Gasteiger partial charge in [-0.25, -0.2) is 0 Å². The summed E-state index contributed by atoms with van der Waals surface area (Å²) >= 11 is 0. The molecular formula is C90H171N3O8. The number of esters is 4. The van der Waals surface area contributed by atoms with Crippen molar-refractivity contribution >= 4 is 23.9 Å².